The highest BCUT2D eigenvalue weighted by Gasteiger charge is 2.21. The number of para-hydroxylation sites is 1. The molecule has 0 spiro atoms. The van der Waals surface area contributed by atoms with Crippen LogP contribution in [0.25, 0.3) is 11.0 Å². The summed E-state index contributed by atoms with van der Waals surface area (Å²) < 4.78 is 5.23. The lowest BCUT2D eigenvalue weighted by Crippen LogP contribution is -2.11. The first kappa shape index (κ1) is 11.8. The number of nitrogens with zero attached hydrogens (tertiary/aromatic N) is 1. The first-order chi connectivity index (χ1) is 7.09. The Labute approximate surface area is 91.3 Å². The van der Waals surface area contributed by atoms with Gasteiger partial charge in [-0.25, -0.2) is 0 Å². The second kappa shape index (κ2) is 4.47. The predicted molar refractivity (Wildman–Crippen MR) is 64.1 cm³/mol. The molecule has 0 N–H and O–H groups in total. The minimum Gasteiger partial charge on any atom is -0.356 e. The molecule has 82 valence electrons. The van der Waals surface area contributed by atoms with Crippen molar-refractivity contribution < 1.29 is 4.52 Å². The molecule has 0 atom stereocenters. The summed E-state index contributed by atoms with van der Waals surface area (Å²) >= 11 is 0. The van der Waals surface area contributed by atoms with Crippen LogP contribution in [-0.4, -0.2) is 5.16 Å². The van der Waals surface area contributed by atoms with Crippen LogP contribution in [0, 0.1) is 0 Å². The summed E-state index contributed by atoms with van der Waals surface area (Å²) in [5.74, 6) is 0. The van der Waals surface area contributed by atoms with E-state index in [9.17, 15) is 0 Å². The molecule has 15 heavy (non-hydrogen) atoms. The van der Waals surface area contributed by atoms with Crippen molar-refractivity contribution in [2.45, 2.75) is 40.0 Å². The van der Waals surface area contributed by atoms with Gasteiger partial charge in [0.25, 0.3) is 0 Å². The predicted octanol–water partition coefficient (Wildman–Crippen LogP) is 4.15. The van der Waals surface area contributed by atoms with E-state index in [4.69, 9.17) is 4.52 Å². The lowest BCUT2D eigenvalue weighted by atomic mass is 9.90. The molecule has 0 unspecified atom stereocenters. The van der Waals surface area contributed by atoms with Crippen molar-refractivity contribution in [2.24, 2.45) is 0 Å². The minimum atomic E-state index is 0.0482. The fraction of sp³-hybridized carbons (Fsp3) is 0.462. The molecule has 0 amide bonds. The van der Waals surface area contributed by atoms with E-state index in [0.717, 1.165) is 16.7 Å². The average molecular weight is 205 g/mol. The summed E-state index contributed by atoms with van der Waals surface area (Å²) in [5.41, 5.74) is 1.95. The fourth-order valence-corrected chi connectivity index (χ4v) is 1.43. The maximum Gasteiger partial charge on any atom is 0.167 e. The first-order valence-electron chi connectivity index (χ1n) is 5.44. The molecular formula is C13H19NO. The number of rotatable bonds is 0. The quantitative estimate of drug-likeness (QED) is 0.645. The van der Waals surface area contributed by atoms with Crippen LogP contribution in [0.2, 0.25) is 0 Å². The fourth-order valence-electron chi connectivity index (χ4n) is 1.43. The van der Waals surface area contributed by atoms with Crippen LogP contribution in [0.1, 0.15) is 40.3 Å². The molecule has 0 aliphatic rings. The van der Waals surface area contributed by atoms with Gasteiger partial charge in [0.1, 0.15) is 0 Å². The van der Waals surface area contributed by atoms with E-state index in [1.54, 1.807) is 0 Å². The Bertz CT molecular complexity index is 423. The van der Waals surface area contributed by atoms with Gasteiger partial charge in [0, 0.05) is 10.8 Å². The Morgan fingerprint density at radius 1 is 1.07 bits per heavy atom. The minimum absolute atomic E-state index is 0.0482. The van der Waals surface area contributed by atoms with Crippen LogP contribution >= 0.6 is 0 Å². The summed E-state index contributed by atoms with van der Waals surface area (Å²) in [7, 11) is 0. The smallest absolute Gasteiger partial charge is 0.167 e. The molecule has 0 radical (unpaired) electrons. The zero-order valence-electron chi connectivity index (χ0n) is 10.2. The zero-order valence-corrected chi connectivity index (χ0v) is 10.2. The summed E-state index contributed by atoms with van der Waals surface area (Å²) in [6.07, 6.45) is 0. The number of hydrogen-bond donors (Lipinski definition) is 0. The highest BCUT2D eigenvalue weighted by atomic mass is 16.5. The summed E-state index contributed by atoms with van der Waals surface area (Å²) in [6.45, 7) is 10.4. The lowest BCUT2D eigenvalue weighted by Gasteiger charge is -2.13. The van der Waals surface area contributed by atoms with Crippen molar-refractivity contribution in [3.63, 3.8) is 0 Å². The van der Waals surface area contributed by atoms with Crippen molar-refractivity contribution in [1.29, 1.82) is 0 Å². The maximum atomic E-state index is 5.23. The highest BCUT2D eigenvalue weighted by molar-refractivity contribution is 5.80. The van der Waals surface area contributed by atoms with Crippen molar-refractivity contribution >= 4 is 11.0 Å². The van der Waals surface area contributed by atoms with Gasteiger partial charge < -0.3 is 4.52 Å². The van der Waals surface area contributed by atoms with Crippen molar-refractivity contribution in [3.05, 3.63) is 30.0 Å². The van der Waals surface area contributed by atoms with Crippen LogP contribution in [0.5, 0.6) is 0 Å². The molecule has 2 heteroatoms. The molecule has 2 rings (SSSR count). The van der Waals surface area contributed by atoms with E-state index in [-0.39, 0.29) is 5.41 Å². The van der Waals surface area contributed by atoms with Crippen molar-refractivity contribution in [2.75, 3.05) is 0 Å². The van der Waals surface area contributed by atoms with Gasteiger partial charge in [-0.05, 0) is 12.1 Å². The third-order valence-corrected chi connectivity index (χ3v) is 2.09. The number of hydrogen-bond acceptors (Lipinski definition) is 2. The van der Waals surface area contributed by atoms with E-state index in [2.05, 4.69) is 25.9 Å². The van der Waals surface area contributed by atoms with Crippen LogP contribution in [-0.2, 0) is 5.41 Å². The van der Waals surface area contributed by atoms with Crippen molar-refractivity contribution in [3.8, 4) is 0 Å². The van der Waals surface area contributed by atoms with Gasteiger partial charge in [-0.3, -0.25) is 0 Å². The SMILES string of the molecule is CC.CC(C)(C)c1noc2ccccc12. The van der Waals surface area contributed by atoms with Crippen LogP contribution < -0.4 is 0 Å². The summed E-state index contributed by atoms with van der Waals surface area (Å²) in [6, 6.07) is 7.96. The zero-order chi connectivity index (χ0) is 11.5. The molecule has 1 aromatic carbocycles. The topological polar surface area (TPSA) is 26.0 Å². The second-order valence-corrected chi connectivity index (χ2v) is 4.28. The van der Waals surface area contributed by atoms with Crippen molar-refractivity contribution in [1.82, 2.24) is 5.16 Å². The number of fused-ring (bicyclic) bond motifs is 1. The number of benzene rings is 1. The molecule has 1 aromatic heterocycles. The largest absolute Gasteiger partial charge is 0.356 e. The molecule has 1 heterocycles. The Morgan fingerprint density at radius 2 is 1.67 bits per heavy atom. The monoisotopic (exact) mass is 205 g/mol. The number of aromatic nitrogens is 1. The van der Waals surface area contributed by atoms with Gasteiger partial charge in [0.05, 0.1) is 5.69 Å². The molecule has 0 bridgehead atoms. The van der Waals surface area contributed by atoms with E-state index in [1.165, 1.54) is 0 Å². The molecule has 0 saturated carbocycles. The summed E-state index contributed by atoms with van der Waals surface area (Å²) in [4.78, 5) is 0. The van der Waals surface area contributed by atoms with Crippen LogP contribution in [0.4, 0.5) is 0 Å². The Kier molecular flexibility index (Phi) is 3.51. The second-order valence-electron chi connectivity index (χ2n) is 4.28. The molecular weight excluding hydrogens is 186 g/mol. The molecule has 0 saturated heterocycles. The maximum absolute atomic E-state index is 5.23. The highest BCUT2D eigenvalue weighted by Crippen LogP contribution is 2.28. The Balaban J connectivity index is 0.000000531. The third kappa shape index (κ3) is 2.38. The normalized spacial score (nSPS) is 11.0. The van der Waals surface area contributed by atoms with Crippen LogP contribution in [0.15, 0.2) is 28.8 Å². The van der Waals surface area contributed by atoms with Gasteiger partial charge >= 0.3 is 0 Å². The molecule has 0 fully saturated rings. The standard InChI is InChI=1S/C11H13NO.C2H6/c1-11(2,3)10-8-6-4-5-7-9(8)13-12-10;1-2/h4-7H,1-3H3;1-2H3. The van der Waals surface area contributed by atoms with Gasteiger partial charge in [-0.1, -0.05) is 51.9 Å². The van der Waals surface area contributed by atoms with E-state index >= 15 is 0 Å². The Morgan fingerprint density at radius 3 is 2.27 bits per heavy atom. The molecule has 0 aliphatic carbocycles. The van der Waals surface area contributed by atoms with E-state index < -0.39 is 0 Å². The van der Waals surface area contributed by atoms with E-state index in [0.29, 0.717) is 0 Å². The third-order valence-electron chi connectivity index (χ3n) is 2.09. The van der Waals surface area contributed by atoms with Gasteiger partial charge in [0.15, 0.2) is 5.58 Å². The molecule has 0 aliphatic heterocycles. The lowest BCUT2D eigenvalue weighted by molar-refractivity contribution is 0.419. The average Bonchev–Trinajstić information content (AvgIpc) is 2.63. The van der Waals surface area contributed by atoms with Gasteiger partial charge in [-0.2, -0.15) is 0 Å². The van der Waals surface area contributed by atoms with Gasteiger partial charge in [-0.15, -0.1) is 0 Å². The summed E-state index contributed by atoms with van der Waals surface area (Å²) in [5, 5.41) is 5.21. The van der Waals surface area contributed by atoms with Crippen LogP contribution in [0.3, 0.4) is 0 Å². The Hall–Kier alpha value is -1.31. The van der Waals surface area contributed by atoms with Gasteiger partial charge in [0.2, 0.25) is 0 Å². The molecule has 2 aromatic rings. The van der Waals surface area contributed by atoms with E-state index in [1.807, 2.05) is 38.1 Å². The first-order valence-corrected chi connectivity index (χ1v) is 5.44. The molecule has 2 nitrogen and oxygen atoms in total.